The third kappa shape index (κ3) is 7.10. The Labute approximate surface area is 163 Å². The van der Waals surface area contributed by atoms with Crippen molar-refractivity contribution in [2.45, 2.75) is 76.7 Å². The molecule has 0 aromatic carbocycles. The van der Waals surface area contributed by atoms with Crippen LogP contribution in [-0.2, 0) is 9.59 Å². The highest BCUT2D eigenvalue weighted by Crippen LogP contribution is 2.44. The van der Waals surface area contributed by atoms with Gasteiger partial charge in [0.05, 0.1) is 5.60 Å². The lowest BCUT2D eigenvalue weighted by atomic mass is 9.86. The molecular weight excluding hydrogens is 340 g/mol. The fourth-order valence-electron chi connectivity index (χ4n) is 3.86. The predicted molar refractivity (Wildman–Crippen MR) is 107 cm³/mol. The average molecular weight is 375 g/mol. The number of carboxylic acids is 1. The van der Waals surface area contributed by atoms with Crippen molar-refractivity contribution in [1.82, 2.24) is 0 Å². The molecule has 3 atom stereocenters. The summed E-state index contributed by atoms with van der Waals surface area (Å²) < 4.78 is 0. The third-order valence-corrected chi connectivity index (χ3v) is 5.76. The van der Waals surface area contributed by atoms with Crippen LogP contribution in [0, 0.1) is 17.8 Å². The number of ketones is 1. The SMILES string of the molecule is CCCCC(O)(CC=C[C@H]1C=CC(=O)[C@@H]1CC=CCCCC(=O)O)C1CC1. The minimum absolute atomic E-state index is 0.0679. The molecule has 4 nitrogen and oxygen atoms in total. The number of aliphatic carboxylic acids is 1. The maximum absolute atomic E-state index is 12.1. The van der Waals surface area contributed by atoms with Gasteiger partial charge < -0.3 is 10.2 Å². The quantitative estimate of drug-likeness (QED) is 0.357. The van der Waals surface area contributed by atoms with Gasteiger partial charge in [-0.05, 0) is 56.9 Å². The van der Waals surface area contributed by atoms with Crippen molar-refractivity contribution in [2.75, 3.05) is 0 Å². The molecule has 1 saturated carbocycles. The van der Waals surface area contributed by atoms with E-state index in [1.807, 2.05) is 18.2 Å². The van der Waals surface area contributed by atoms with Gasteiger partial charge in [-0.2, -0.15) is 0 Å². The third-order valence-electron chi connectivity index (χ3n) is 5.76. The Hall–Kier alpha value is -1.68. The highest BCUT2D eigenvalue weighted by atomic mass is 16.4. The normalized spacial score (nSPS) is 24.9. The Kier molecular flexibility index (Phi) is 8.49. The van der Waals surface area contributed by atoms with Gasteiger partial charge in [-0.1, -0.05) is 50.1 Å². The summed E-state index contributed by atoms with van der Waals surface area (Å²) in [5.74, 6) is -0.145. The van der Waals surface area contributed by atoms with Gasteiger partial charge in [-0.3, -0.25) is 9.59 Å². The fourth-order valence-corrected chi connectivity index (χ4v) is 3.86. The molecule has 0 radical (unpaired) electrons. The van der Waals surface area contributed by atoms with E-state index < -0.39 is 11.6 Å². The Morgan fingerprint density at radius 2 is 2.04 bits per heavy atom. The van der Waals surface area contributed by atoms with Gasteiger partial charge in [0, 0.05) is 18.3 Å². The number of hydrogen-bond donors (Lipinski definition) is 2. The largest absolute Gasteiger partial charge is 0.481 e. The van der Waals surface area contributed by atoms with E-state index in [-0.39, 0.29) is 24.0 Å². The minimum Gasteiger partial charge on any atom is -0.481 e. The average Bonchev–Trinajstić information content (AvgIpc) is 3.43. The number of hydrogen-bond acceptors (Lipinski definition) is 3. The van der Waals surface area contributed by atoms with Crippen LogP contribution in [0.3, 0.4) is 0 Å². The predicted octanol–water partition coefficient (Wildman–Crippen LogP) is 4.84. The van der Waals surface area contributed by atoms with Crippen LogP contribution in [-0.4, -0.2) is 27.6 Å². The van der Waals surface area contributed by atoms with E-state index in [0.717, 1.165) is 38.5 Å². The van der Waals surface area contributed by atoms with E-state index in [4.69, 9.17) is 5.11 Å². The van der Waals surface area contributed by atoms with Crippen LogP contribution in [0.2, 0.25) is 0 Å². The molecule has 150 valence electrons. The summed E-state index contributed by atoms with van der Waals surface area (Å²) in [4.78, 5) is 22.6. The van der Waals surface area contributed by atoms with Gasteiger partial charge in [0.2, 0.25) is 0 Å². The summed E-state index contributed by atoms with van der Waals surface area (Å²) in [6.07, 6.45) is 19.9. The van der Waals surface area contributed by atoms with Crippen molar-refractivity contribution >= 4 is 11.8 Å². The van der Waals surface area contributed by atoms with Crippen molar-refractivity contribution in [2.24, 2.45) is 17.8 Å². The maximum Gasteiger partial charge on any atom is 0.303 e. The molecule has 4 heteroatoms. The highest BCUT2D eigenvalue weighted by molar-refractivity contribution is 5.95. The van der Waals surface area contributed by atoms with E-state index in [2.05, 4.69) is 19.1 Å². The number of unbranched alkanes of at least 4 members (excludes halogenated alkanes) is 2. The molecule has 0 aromatic rings. The number of carboxylic acid groups (broad SMARTS) is 1. The van der Waals surface area contributed by atoms with Crippen molar-refractivity contribution < 1.29 is 19.8 Å². The second-order valence-corrected chi connectivity index (χ2v) is 8.05. The van der Waals surface area contributed by atoms with E-state index in [1.165, 1.54) is 0 Å². The molecule has 1 fully saturated rings. The lowest BCUT2D eigenvalue weighted by Gasteiger charge is -2.27. The van der Waals surface area contributed by atoms with Crippen molar-refractivity contribution in [1.29, 1.82) is 0 Å². The molecule has 0 heterocycles. The van der Waals surface area contributed by atoms with Crippen LogP contribution < -0.4 is 0 Å². The van der Waals surface area contributed by atoms with Gasteiger partial charge in [0.25, 0.3) is 0 Å². The van der Waals surface area contributed by atoms with Gasteiger partial charge in [0.1, 0.15) is 0 Å². The van der Waals surface area contributed by atoms with E-state index in [9.17, 15) is 14.7 Å². The van der Waals surface area contributed by atoms with Crippen LogP contribution in [0.5, 0.6) is 0 Å². The molecule has 0 aromatic heterocycles. The van der Waals surface area contributed by atoms with Crippen LogP contribution in [0.15, 0.2) is 36.5 Å². The molecule has 2 rings (SSSR count). The summed E-state index contributed by atoms with van der Waals surface area (Å²) in [6, 6.07) is 0. The molecular formula is C23H34O4. The number of rotatable bonds is 13. The molecule has 0 aliphatic heterocycles. The summed E-state index contributed by atoms with van der Waals surface area (Å²) in [5.41, 5.74) is -0.571. The lowest BCUT2D eigenvalue weighted by molar-refractivity contribution is -0.137. The minimum atomic E-state index is -0.770. The summed E-state index contributed by atoms with van der Waals surface area (Å²) in [7, 11) is 0. The standard InChI is InChI=1S/C23H34O4/c1-2-3-16-23(27,19-13-14-19)17-8-9-18-12-15-21(24)20(18)10-6-4-5-7-11-22(25)26/h4,6,8-9,12,15,18-20,27H,2-3,5,7,10-11,13-14,16-17H2,1H3,(H,25,26)/t18-,20+,23?/m0/s1. The van der Waals surface area contributed by atoms with E-state index >= 15 is 0 Å². The summed E-state index contributed by atoms with van der Waals surface area (Å²) in [5, 5.41) is 19.6. The summed E-state index contributed by atoms with van der Waals surface area (Å²) >= 11 is 0. The number of allylic oxidation sites excluding steroid dienone is 5. The van der Waals surface area contributed by atoms with Gasteiger partial charge in [-0.15, -0.1) is 0 Å². The van der Waals surface area contributed by atoms with E-state index in [0.29, 0.717) is 25.2 Å². The van der Waals surface area contributed by atoms with Crippen LogP contribution in [0.25, 0.3) is 0 Å². The first-order chi connectivity index (χ1) is 13.0. The number of carbonyl (C=O) groups is 2. The molecule has 0 amide bonds. The number of aliphatic hydroxyl groups is 1. The first kappa shape index (κ1) is 21.6. The smallest absolute Gasteiger partial charge is 0.303 e. The molecule has 0 saturated heterocycles. The van der Waals surface area contributed by atoms with Crippen LogP contribution >= 0.6 is 0 Å². The summed E-state index contributed by atoms with van der Waals surface area (Å²) in [6.45, 7) is 2.15. The molecule has 0 spiro atoms. The Morgan fingerprint density at radius 3 is 2.70 bits per heavy atom. The van der Waals surface area contributed by atoms with E-state index in [1.54, 1.807) is 6.08 Å². The first-order valence-electron chi connectivity index (χ1n) is 10.4. The molecule has 2 aliphatic rings. The second kappa shape index (κ2) is 10.6. The Bertz CT molecular complexity index is 585. The van der Waals surface area contributed by atoms with Crippen LogP contribution in [0.1, 0.15) is 71.1 Å². The van der Waals surface area contributed by atoms with Gasteiger partial charge in [0.15, 0.2) is 5.78 Å². The zero-order valence-electron chi connectivity index (χ0n) is 16.5. The van der Waals surface area contributed by atoms with Crippen molar-refractivity contribution in [3.8, 4) is 0 Å². The zero-order chi connectivity index (χ0) is 19.7. The Morgan fingerprint density at radius 1 is 1.26 bits per heavy atom. The number of carbonyl (C=O) groups excluding carboxylic acids is 1. The Balaban J connectivity index is 1.82. The molecule has 27 heavy (non-hydrogen) atoms. The van der Waals surface area contributed by atoms with Gasteiger partial charge in [-0.25, -0.2) is 0 Å². The van der Waals surface area contributed by atoms with Gasteiger partial charge >= 0.3 is 5.97 Å². The molecule has 1 unspecified atom stereocenters. The molecule has 0 bridgehead atoms. The van der Waals surface area contributed by atoms with Crippen molar-refractivity contribution in [3.05, 3.63) is 36.5 Å². The highest BCUT2D eigenvalue weighted by Gasteiger charge is 2.42. The lowest BCUT2D eigenvalue weighted by Crippen LogP contribution is -2.30. The second-order valence-electron chi connectivity index (χ2n) is 8.05. The van der Waals surface area contributed by atoms with Crippen molar-refractivity contribution in [3.63, 3.8) is 0 Å². The van der Waals surface area contributed by atoms with Crippen LogP contribution in [0.4, 0.5) is 0 Å². The molecule has 2 N–H and O–H groups in total. The topological polar surface area (TPSA) is 74.6 Å². The fraction of sp³-hybridized carbons (Fsp3) is 0.652. The zero-order valence-corrected chi connectivity index (χ0v) is 16.5. The first-order valence-corrected chi connectivity index (χ1v) is 10.4. The maximum atomic E-state index is 12.1. The monoisotopic (exact) mass is 374 g/mol. The molecule has 2 aliphatic carbocycles.